The monoisotopic (exact) mass is 208 g/mol. The molecule has 0 amide bonds. The first-order valence-corrected chi connectivity index (χ1v) is 5.63. The Kier molecular flexibility index (Phi) is 2.69. The minimum absolute atomic E-state index is 0.459. The van der Waals surface area contributed by atoms with Gasteiger partial charge in [0.05, 0.1) is 12.2 Å². The molecule has 2 rings (SSSR count). The van der Waals surface area contributed by atoms with Crippen LogP contribution in [0.25, 0.3) is 0 Å². The summed E-state index contributed by atoms with van der Waals surface area (Å²) in [6.45, 7) is 8.71. The second kappa shape index (κ2) is 3.85. The van der Waals surface area contributed by atoms with E-state index in [0.717, 1.165) is 30.9 Å². The van der Waals surface area contributed by atoms with E-state index in [-0.39, 0.29) is 0 Å². The van der Waals surface area contributed by atoms with E-state index < -0.39 is 0 Å². The smallest absolute Gasteiger partial charge is 0.124 e. The molecular formula is C11H20N4. The van der Waals surface area contributed by atoms with E-state index >= 15 is 0 Å². The maximum absolute atomic E-state index is 5.99. The number of anilines is 1. The molecule has 4 nitrogen and oxygen atoms in total. The van der Waals surface area contributed by atoms with Crippen LogP contribution in [0.4, 0.5) is 5.82 Å². The van der Waals surface area contributed by atoms with Gasteiger partial charge in [-0.15, -0.1) is 0 Å². The third-order valence-corrected chi connectivity index (χ3v) is 3.30. The summed E-state index contributed by atoms with van der Waals surface area (Å²) < 4.78 is 1.98. The van der Waals surface area contributed by atoms with E-state index in [9.17, 15) is 0 Å². The molecule has 1 saturated heterocycles. The van der Waals surface area contributed by atoms with Crippen LogP contribution in [-0.2, 0) is 0 Å². The van der Waals surface area contributed by atoms with Crippen molar-refractivity contribution in [2.75, 3.05) is 18.8 Å². The Balaban J connectivity index is 2.11. The Labute approximate surface area is 91.1 Å². The lowest BCUT2D eigenvalue weighted by Gasteiger charge is -2.20. The molecule has 1 aromatic heterocycles. The van der Waals surface area contributed by atoms with E-state index in [4.69, 9.17) is 5.73 Å². The lowest BCUT2D eigenvalue weighted by molar-refractivity contribution is 0.263. The SMILES string of the molecule is Cc1cnn(C2CCN(C(C)C)C2)c1N. The van der Waals surface area contributed by atoms with Gasteiger partial charge >= 0.3 is 0 Å². The molecule has 15 heavy (non-hydrogen) atoms. The van der Waals surface area contributed by atoms with Crippen LogP contribution in [-0.4, -0.2) is 33.8 Å². The van der Waals surface area contributed by atoms with Gasteiger partial charge in [0.1, 0.15) is 5.82 Å². The zero-order valence-electron chi connectivity index (χ0n) is 9.77. The van der Waals surface area contributed by atoms with Crippen molar-refractivity contribution in [3.8, 4) is 0 Å². The molecule has 2 heterocycles. The number of hydrogen-bond acceptors (Lipinski definition) is 3. The van der Waals surface area contributed by atoms with Crippen molar-refractivity contribution in [1.82, 2.24) is 14.7 Å². The fraction of sp³-hybridized carbons (Fsp3) is 0.727. The van der Waals surface area contributed by atoms with Crippen LogP contribution in [0.1, 0.15) is 31.9 Å². The predicted octanol–water partition coefficient (Wildman–Crippen LogP) is 1.43. The van der Waals surface area contributed by atoms with Gasteiger partial charge in [-0.2, -0.15) is 5.10 Å². The number of aryl methyl sites for hydroxylation is 1. The van der Waals surface area contributed by atoms with E-state index in [0.29, 0.717) is 12.1 Å². The molecular weight excluding hydrogens is 188 g/mol. The summed E-state index contributed by atoms with van der Waals surface area (Å²) in [5.74, 6) is 0.825. The molecule has 1 aliphatic heterocycles. The summed E-state index contributed by atoms with van der Waals surface area (Å²) in [7, 11) is 0. The molecule has 1 fully saturated rings. The molecule has 0 bridgehead atoms. The summed E-state index contributed by atoms with van der Waals surface area (Å²) in [5.41, 5.74) is 7.07. The van der Waals surface area contributed by atoms with Crippen LogP contribution in [0.15, 0.2) is 6.20 Å². The van der Waals surface area contributed by atoms with Gasteiger partial charge in [-0.1, -0.05) is 0 Å². The zero-order chi connectivity index (χ0) is 11.0. The number of hydrogen-bond donors (Lipinski definition) is 1. The highest BCUT2D eigenvalue weighted by Crippen LogP contribution is 2.25. The Morgan fingerprint density at radius 2 is 2.27 bits per heavy atom. The highest BCUT2D eigenvalue weighted by atomic mass is 15.4. The van der Waals surface area contributed by atoms with Gasteiger partial charge in [0, 0.05) is 24.7 Å². The topological polar surface area (TPSA) is 47.1 Å². The number of nitrogen functional groups attached to an aromatic ring is 1. The van der Waals surface area contributed by atoms with Crippen molar-refractivity contribution in [1.29, 1.82) is 0 Å². The molecule has 0 saturated carbocycles. The van der Waals surface area contributed by atoms with E-state index in [1.165, 1.54) is 0 Å². The summed E-state index contributed by atoms with van der Waals surface area (Å²) in [6, 6.07) is 1.08. The maximum Gasteiger partial charge on any atom is 0.124 e. The van der Waals surface area contributed by atoms with E-state index in [1.54, 1.807) is 0 Å². The minimum Gasteiger partial charge on any atom is -0.384 e. The zero-order valence-corrected chi connectivity index (χ0v) is 9.77. The van der Waals surface area contributed by atoms with Crippen LogP contribution >= 0.6 is 0 Å². The molecule has 0 radical (unpaired) electrons. The Hall–Kier alpha value is -1.03. The summed E-state index contributed by atoms with van der Waals surface area (Å²) in [6.07, 6.45) is 3.01. The van der Waals surface area contributed by atoms with Gasteiger partial charge in [-0.3, -0.25) is 4.90 Å². The van der Waals surface area contributed by atoms with E-state index in [2.05, 4.69) is 23.8 Å². The molecule has 84 valence electrons. The molecule has 0 aromatic carbocycles. The average Bonchev–Trinajstić information content (AvgIpc) is 2.76. The molecule has 1 atom stereocenters. The van der Waals surface area contributed by atoms with Crippen LogP contribution in [0.5, 0.6) is 0 Å². The number of aromatic nitrogens is 2. The van der Waals surface area contributed by atoms with Gasteiger partial charge in [-0.25, -0.2) is 4.68 Å². The first-order chi connectivity index (χ1) is 7.09. The number of rotatable bonds is 2. The lowest BCUT2D eigenvalue weighted by Crippen LogP contribution is -2.29. The largest absolute Gasteiger partial charge is 0.384 e. The second-order valence-corrected chi connectivity index (χ2v) is 4.69. The van der Waals surface area contributed by atoms with Crippen molar-refractivity contribution >= 4 is 5.82 Å². The Morgan fingerprint density at radius 3 is 2.73 bits per heavy atom. The van der Waals surface area contributed by atoms with E-state index in [1.807, 2.05) is 17.8 Å². The van der Waals surface area contributed by atoms with Gasteiger partial charge < -0.3 is 5.73 Å². The first kappa shape index (κ1) is 10.5. The average molecular weight is 208 g/mol. The van der Waals surface area contributed by atoms with Crippen LogP contribution in [0.3, 0.4) is 0 Å². The van der Waals surface area contributed by atoms with Gasteiger partial charge in [0.2, 0.25) is 0 Å². The third kappa shape index (κ3) is 1.86. The lowest BCUT2D eigenvalue weighted by atomic mass is 10.2. The number of likely N-dealkylation sites (tertiary alicyclic amines) is 1. The molecule has 4 heteroatoms. The van der Waals surface area contributed by atoms with Crippen molar-refractivity contribution in [2.45, 2.75) is 39.3 Å². The molecule has 1 aliphatic rings. The van der Waals surface area contributed by atoms with Crippen molar-refractivity contribution in [2.24, 2.45) is 0 Å². The van der Waals surface area contributed by atoms with Gasteiger partial charge in [0.25, 0.3) is 0 Å². The Bertz CT molecular complexity index is 342. The maximum atomic E-state index is 5.99. The molecule has 0 aliphatic carbocycles. The highest BCUT2D eigenvalue weighted by molar-refractivity contribution is 5.37. The van der Waals surface area contributed by atoms with Crippen LogP contribution in [0.2, 0.25) is 0 Å². The molecule has 2 N–H and O–H groups in total. The summed E-state index contributed by atoms with van der Waals surface area (Å²) in [5, 5.41) is 4.36. The van der Waals surface area contributed by atoms with Crippen LogP contribution < -0.4 is 5.73 Å². The Morgan fingerprint density at radius 1 is 1.53 bits per heavy atom. The molecule has 1 unspecified atom stereocenters. The van der Waals surface area contributed by atoms with Gasteiger partial charge in [0.15, 0.2) is 0 Å². The molecule has 1 aromatic rings. The predicted molar refractivity (Wildman–Crippen MR) is 61.7 cm³/mol. The van der Waals surface area contributed by atoms with Crippen molar-refractivity contribution < 1.29 is 0 Å². The quantitative estimate of drug-likeness (QED) is 0.799. The normalized spacial score (nSPS) is 22.8. The first-order valence-electron chi connectivity index (χ1n) is 5.63. The summed E-state index contributed by atoms with van der Waals surface area (Å²) in [4.78, 5) is 2.47. The third-order valence-electron chi connectivity index (χ3n) is 3.30. The second-order valence-electron chi connectivity index (χ2n) is 4.69. The van der Waals surface area contributed by atoms with Crippen molar-refractivity contribution in [3.05, 3.63) is 11.8 Å². The molecule has 0 spiro atoms. The summed E-state index contributed by atoms with van der Waals surface area (Å²) >= 11 is 0. The standard InChI is InChI=1S/C11H20N4/c1-8(2)14-5-4-10(7-14)15-11(12)9(3)6-13-15/h6,8,10H,4-5,7,12H2,1-3H3. The minimum atomic E-state index is 0.459. The van der Waals surface area contributed by atoms with Crippen molar-refractivity contribution in [3.63, 3.8) is 0 Å². The number of nitrogens with zero attached hydrogens (tertiary/aromatic N) is 3. The number of nitrogens with two attached hydrogens (primary N) is 1. The fourth-order valence-electron chi connectivity index (χ4n) is 2.19. The van der Waals surface area contributed by atoms with Crippen LogP contribution in [0, 0.1) is 6.92 Å². The fourth-order valence-corrected chi connectivity index (χ4v) is 2.19. The highest BCUT2D eigenvalue weighted by Gasteiger charge is 2.27. The van der Waals surface area contributed by atoms with Gasteiger partial charge in [-0.05, 0) is 27.2 Å².